The molecule has 2 nitrogen and oxygen atoms in total. The van der Waals surface area contributed by atoms with Gasteiger partial charge in [0.05, 0.1) is 0 Å². The molecule has 0 aliphatic carbocycles. The van der Waals surface area contributed by atoms with Crippen molar-refractivity contribution in [3.63, 3.8) is 0 Å². The van der Waals surface area contributed by atoms with Gasteiger partial charge in [-0.1, -0.05) is 43.2 Å². The first-order valence-corrected chi connectivity index (χ1v) is 6.73. The van der Waals surface area contributed by atoms with Crippen molar-refractivity contribution >= 4 is 0 Å². The van der Waals surface area contributed by atoms with E-state index in [2.05, 4.69) is 43.0 Å². The fourth-order valence-electron chi connectivity index (χ4n) is 2.70. The number of benzene rings is 1. The molecule has 1 saturated heterocycles. The molecule has 2 atom stereocenters. The van der Waals surface area contributed by atoms with Crippen LogP contribution in [-0.2, 0) is 0 Å². The number of hydrogen-bond acceptors (Lipinski definition) is 2. The molecule has 2 rings (SSSR count). The summed E-state index contributed by atoms with van der Waals surface area (Å²) in [5, 5.41) is 0. The summed E-state index contributed by atoms with van der Waals surface area (Å²) >= 11 is 0. The lowest BCUT2D eigenvalue weighted by Gasteiger charge is -2.21. The minimum Gasteiger partial charge on any atom is -0.323 e. The molecule has 2 heteroatoms. The van der Waals surface area contributed by atoms with Gasteiger partial charge in [0, 0.05) is 19.1 Å². The number of nitrogens with two attached hydrogens (primary N) is 1. The summed E-state index contributed by atoms with van der Waals surface area (Å²) in [6, 6.07) is 8.73. The fourth-order valence-corrected chi connectivity index (χ4v) is 2.70. The fraction of sp³-hybridized carbons (Fsp3) is 0.600. The van der Waals surface area contributed by atoms with Crippen LogP contribution in [0.4, 0.5) is 0 Å². The molecule has 0 amide bonds. The molecule has 0 aromatic heterocycles. The third-order valence-electron chi connectivity index (χ3n) is 3.87. The summed E-state index contributed by atoms with van der Waals surface area (Å²) in [5.41, 5.74) is 8.85. The molecule has 94 valence electrons. The summed E-state index contributed by atoms with van der Waals surface area (Å²) < 4.78 is 0. The van der Waals surface area contributed by atoms with Gasteiger partial charge in [-0.2, -0.15) is 0 Å². The Hall–Kier alpha value is -0.860. The maximum atomic E-state index is 6.29. The highest BCUT2D eigenvalue weighted by atomic mass is 15.2. The van der Waals surface area contributed by atoms with Crippen molar-refractivity contribution < 1.29 is 0 Å². The molecule has 0 spiro atoms. The smallest absolute Gasteiger partial charge is 0.0424 e. The lowest BCUT2D eigenvalue weighted by Crippen LogP contribution is -2.30. The third kappa shape index (κ3) is 3.30. The topological polar surface area (TPSA) is 29.3 Å². The van der Waals surface area contributed by atoms with Gasteiger partial charge in [0.1, 0.15) is 0 Å². The normalized spacial score (nSPS) is 22.9. The quantitative estimate of drug-likeness (QED) is 0.865. The maximum Gasteiger partial charge on any atom is 0.0424 e. The van der Waals surface area contributed by atoms with Crippen molar-refractivity contribution in [3.8, 4) is 0 Å². The molecule has 0 saturated carbocycles. The average Bonchev–Trinajstić information content (AvgIpc) is 2.77. The van der Waals surface area contributed by atoms with Crippen molar-refractivity contribution in [2.75, 3.05) is 19.6 Å². The molecule has 1 fully saturated rings. The first kappa shape index (κ1) is 12.6. The van der Waals surface area contributed by atoms with E-state index >= 15 is 0 Å². The number of likely N-dealkylation sites (tertiary alicyclic amines) is 1. The van der Waals surface area contributed by atoms with E-state index in [4.69, 9.17) is 5.73 Å². The molecule has 1 aliphatic rings. The number of hydrogen-bond donors (Lipinski definition) is 1. The van der Waals surface area contributed by atoms with Gasteiger partial charge in [-0.15, -0.1) is 0 Å². The van der Waals surface area contributed by atoms with Gasteiger partial charge in [-0.3, -0.25) is 0 Å². The highest BCUT2D eigenvalue weighted by Gasteiger charge is 2.22. The Kier molecular flexibility index (Phi) is 4.19. The summed E-state index contributed by atoms with van der Waals surface area (Å²) in [5.74, 6) is 0.889. The van der Waals surface area contributed by atoms with Crippen molar-refractivity contribution in [1.82, 2.24) is 4.90 Å². The Balaban J connectivity index is 1.91. The molecule has 2 N–H and O–H groups in total. The Labute approximate surface area is 105 Å². The van der Waals surface area contributed by atoms with Gasteiger partial charge in [0.25, 0.3) is 0 Å². The Bertz CT molecular complexity index is 362. The standard InChI is InChI=1S/C15H24N2/c1-3-13-7-8-17(10-13)11-15(16)14-6-4-5-12(2)9-14/h4-6,9,13,15H,3,7-8,10-11,16H2,1-2H3. The molecule has 1 aromatic carbocycles. The van der Waals surface area contributed by atoms with Gasteiger partial charge in [0.2, 0.25) is 0 Å². The van der Waals surface area contributed by atoms with E-state index in [1.54, 1.807) is 0 Å². The van der Waals surface area contributed by atoms with E-state index in [0.29, 0.717) is 0 Å². The highest BCUT2D eigenvalue weighted by molar-refractivity contribution is 5.25. The van der Waals surface area contributed by atoms with Crippen molar-refractivity contribution in [2.24, 2.45) is 11.7 Å². The van der Waals surface area contributed by atoms with Gasteiger partial charge in [0.15, 0.2) is 0 Å². The zero-order chi connectivity index (χ0) is 12.3. The van der Waals surface area contributed by atoms with Crippen LogP contribution < -0.4 is 5.73 Å². The van der Waals surface area contributed by atoms with E-state index < -0.39 is 0 Å². The maximum absolute atomic E-state index is 6.29. The van der Waals surface area contributed by atoms with E-state index in [9.17, 15) is 0 Å². The van der Waals surface area contributed by atoms with E-state index in [-0.39, 0.29) is 6.04 Å². The molecule has 1 aliphatic heterocycles. The van der Waals surface area contributed by atoms with Crippen molar-refractivity contribution in [1.29, 1.82) is 0 Å². The first-order chi connectivity index (χ1) is 8.19. The van der Waals surface area contributed by atoms with Crippen LogP contribution in [0.3, 0.4) is 0 Å². The van der Waals surface area contributed by atoms with Crippen LogP contribution in [0, 0.1) is 12.8 Å². The number of nitrogens with zero attached hydrogens (tertiary/aromatic N) is 1. The monoisotopic (exact) mass is 232 g/mol. The summed E-state index contributed by atoms with van der Waals surface area (Å²) in [6.45, 7) is 7.86. The predicted octanol–water partition coefficient (Wildman–Crippen LogP) is 2.73. The molecule has 0 bridgehead atoms. The third-order valence-corrected chi connectivity index (χ3v) is 3.87. The van der Waals surface area contributed by atoms with Crippen LogP contribution in [0.2, 0.25) is 0 Å². The Morgan fingerprint density at radius 2 is 2.29 bits per heavy atom. The second-order valence-electron chi connectivity index (χ2n) is 5.34. The molecule has 17 heavy (non-hydrogen) atoms. The van der Waals surface area contributed by atoms with Crippen molar-refractivity contribution in [3.05, 3.63) is 35.4 Å². The SMILES string of the molecule is CCC1CCN(CC(N)c2cccc(C)c2)C1. The van der Waals surface area contributed by atoms with Gasteiger partial charge in [-0.05, 0) is 31.4 Å². The number of aryl methyl sites for hydroxylation is 1. The lowest BCUT2D eigenvalue weighted by molar-refractivity contribution is 0.302. The highest BCUT2D eigenvalue weighted by Crippen LogP contribution is 2.21. The molecule has 0 radical (unpaired) electrons. The number of rotatable bonds is 4. The molecule has 1 aromatic rings. The van der Waals surface area contributed by atoms with Gasteiger partial charge < -0.3 is 10.6 Å². The zero-order valence-electron chi connectivity index (χ0n) is 11.0. The minimum atomic E-state index is 0.158. The first-order valence-electron chi connectivity index (χ1n) is 6.73. The van der Waals surface area contributed by atoms with E-state index in [0.717, 1.165) is 12.5 Å². The molecular formula is C15H24N2. The molecule has 1 heterocycles. The second-order valence-corrected chi connectivity index (χ2v) is 5.34. The van der Waals surface area contributed by atoms with Crippen LogP contribution >= 0.6 is 0 Å². The average molecular weight is 232 g/mol. The van der Waals surface area contributed by atoms with Crippen LogP contribution in [-0.4, -0.2) is 24.5 Å². The summed E-state index contributed by atoms with van der Waals surface area (Å²) in [7, 11) is 0. The van der Waals surface area contributed by atoms with Crippen LogP contribution in [0.5, 0.6) is 0 Å². The second kappa shape index (κ2) is 5.65. The largest absolute Gasteiger partial charge is 0.323 e. The summed E-state index contributed by atoms with van der Waals surface area (Å²) in [6.07, 6.45) is 2.65. The van der Waals surface area contributed by atoms with Gasteiger partial charge in [-0.25, -0.2) is 0 Å². The summed E-state index contributed by atoms with van der Waals surface area (Å²) in [4.78, 5) is 2.52. The Morgan fingerprint density at radius 3 is 2.94 bits per heavy atom. The van der Waals surface area contributed by atoms with Crippen LogP contribution in [0.15, 0.2) is 24.3 Å². The minimum absolute atomic E-state index is 0.158. The van der Waals surface area contributed by atoms with Crippen molar-refractivity contribution in [2.45, 2.75) is 32.7 Å². The van der Waals surface area contributed by atoms with E-state index in [1.165, 1.54) is 37.1 Å². The predicted molar refractivity (Wildman–Crippen MR) is 72.9 cm³/mol. The van der Waals surface area contributed by atoms with Crippen LogP contribution in [0.1, 0.15) is 36.9 Å². The Morgan fingerprint density at radius 1 is 1.47 bits per heavy atom. The molecule has 2 unspecified atom stereocenters. The zero-order valence-corrected chi connectivity index (χ0v) is 11.0. The van der Waals surface area contributed by atoms with Crippen LogP contribution in [0.25, 0.3) is 0 Å². The molecular weight excluding hydrogens is 208 g/mol. The van der Waals surface area contributed by atoms with Gasteiger partial charge >= 0.3 is 0 Å². The van der Waals surface area contributed by atoms with E-state index in [1.807, 2.05) is 0 Å². The lowest BCUT2D eigenvalue weighted by atomic mass is 10.0.